The Labute approximate surface area is 179 Å². The molecule has 3 heterocycles. The molecule has 0 aliphatic carbocycles. The maximum Gasteiger partial charge on any atom is 0.228 e. The van der Waals surface area contributed by atoms with Gasteiger partial charge in [-0.05, 0) is 62.8 Å². The molecule has 2 aliphatic heterocycles. The third-order valence-electron chi connectivity index (χ3n) is 7.07. The average molecular weight is 399 g/mol. The molecule has 0 fully saturated rings. The Balaban J connectivity index is 1.53. The Morgan fingerprint density at radius 1 is 0.733 bits per heavy atom. The first-order valence-electron chi connectivity index (χ1n) is 11.1. The van der Waals surface area contributed by atoms with Crippen molar-refractivity contribution in [2.24, 2.45) is 0 Å². The number of hydrogen-bond donors (Lipinski definition) is 0. The van der Waals surface area contributed by atoms with E-state index in [1.54, 1.807) is 0 Å². The molecule has 0 amide bonds. The molecule has 2 unspecified atom stereocenters. The summed E-state index contributed by atoms with van der Waals surface area (Å²) < 4.78 is 0. The number of benzene rings is 2. The number of fused-ring (bicyclic) bond motifs is 2. The largest absolute Gasteiger partial charge is 0.349 e. The first kappa shape index (κ1) is 19.1. The molecule has 0 spiro atoms. The van der Waals surface area contributed by atoms with Crippen molar-refractivity contribution in [3.05, 3.63) is 82.0 Å². The first-order valence-corrected chi connectivity index (χ1v) is 11.1. The maximum atomic E-state index is 5.17. The highest BCUT2D eigenvalue weighted by molar-refractivity contribution is 5.57. The molecule has 0 bridgehead atoms. The highest BCUT2D eigenvalue weighted by Gasteiger charge is 2.30. The predicted octanol–water partition coefficient (Wildman–Crippen LogP) is 5.34. The summed E-state index contributed by atoms with van der Waals surface area (Å²) in [5, 5.41) is 0. The number of rotatable bonds is 2. The zero-order chi connectivity index (χ0) is 20.8. The zero-order valence-electron chi connectivity index (χ0n) is 18.4. The summed E-state index contributed by atoms with van der Waals surface area (Å²) in [6.07, 6.45) is 2.10. The molecule has 5 rings (SSSR count). The Hall–Kier alpha value is -2.88. The lowest BCUT2D eigenvalue weighted by Crippen LogP contribution is -2.38. The van der Waals surface area contributed by atoms with Gasteiger partial charge in [-0.25, -0.2) is 4.98 Å². The summed E-state index contributed by atoms with van der Waals surface area (Å²) in [6.45, 7) is 10.8. The molecule has 154 valence electrons. The minimum atomic E-state index is 0.282. The third kappa shape index (κ3) is 3.06. The maximum absolute atomic E-state index is 5.17. The van der Waals surface area contributed by atoms with Crippen molar-refractivity contribution in [3.8, 4) is 0 Å². The van der Waals surface area contributed by atoms with Gasteiger partial charge >= 0.3 is 0 Å². The van der Waals surface area contributed by atoms with E-state index in [0.717, 1.165) is 43.4 Å². The van der Waals surface area contributed by atoms with E-state index in [2.05, 4.69) is 86.0 Å². The zero-order valence-corrected chi connectivity index (χ0v) is 18.4. The second-order valence-corrected chi connectivity index (χ2v) is 8.69. The average Bonchev–Trinajstić information content (AvgIpc) is 2.77. The Bertz CT molecular complexity index is 1090. The van der Waals surface area contributed by atoms with Crippen molar-refractivity contribution in [3.63, 3.8) is 0 Å². The number of aromatic nitrogens is 2. The van der Waals surface area contributed by atoms with Gasteiger partial charge in [0.15, 0.2) is 0 Å². The van der Waals surface area contributed by atoms with Gasteiger partial charge in [-0.1, -0.05) is 48.5 Å². The van der Waals surface area contributed by atoms with E-state index in [0.29, 0.717) is 6.04 Å². The highest BCUT2D eigenvalue weighted by Crippen LogP contribution is 2.37. The normalized spacial score (nSPS) is 20.7. The van der Waals surface area contributed by atoms with Gasteiger partial charge in [-0.3, -0.25) is 0 Å². The Kier molecular flexibility index (Phi) is 4.73. The Morgan fingerprint density at radius 3 is 1.90 bits per heavy atom. The topological polar surface area (TPSA) is 32.3 Å². The van der Waals surface area contributed by atoms with Gasteiger partial charge in [-0.15, -0.1) is 0 Å². The van der Waals surface area contributed by atoms with Crippen LogP contribution in [0.2, 0.25) is 0 Å². The van der Waals surface area contributed by atoms with E-state index in [1.807, 2.05) is 0 Å². The molecule has 4 nitrogen and oxygen atoms in total. The van der Waals surface area contributed by atoms with Gasteiger partial charge in [0.2, 0.25) is 5.95 Å². The lowest BCUT2D eigenvalue weighted by Gasteiger charge is -2.39. The van der Waals surface area contributed by atoms with Gasteiger partial charge in [0.05, 0.1) is 12.1 Å². The molecule has 0 saturated carbocycles. The van der Waals surface area contributed by atoms with Gasteiger partial charge in [-0.2, -0.15) is 4.98 Å². The molecule has 30 heavy (non-hydrogen) atoms. The van der Waals surface area contributed by atoms with E-state index >= 15 is 0 Å². The van der Waals surface area contributed by atoms with E-state index in [1.165, 1.54) is 27.8 Å². The van der Waals surface area contributed by atoms with Crippen molar-refractivity contribution in [2.45, 2.75) is 52.6 Å². The molecule has 2 aromatic carbocycles. The van der Waals surface area contributed by atoms with E-state index in [4.69, 9.17) is 9.97 Å². The van der Waals surface area contributed by atoms with Gasteiger partial charge < -0.3 is 9.80 Å². The molecule has 4 heteroatoms. The summed E-state index contributed by atoms with van der Waals surface area (Å²) in [4.78, 5) is 14.9. The standard InChI is InChI=1S/C26H30N4/c1-17-18(2)27-26(30-16-14-22-10-6-8-12-24(22)20(30)4)28-25(17)29-15-13-21-9-5-7-11-23(21)19(29)3/h5-12,19-20H,13-16H2,1-4H3. The summed E-state index contributed by atoms with van der Waals surface area (Å²) in [6, 6.07) is 18.2. The van der Waals surface area contributed by atoms with Crippen molar-refractivity contribution in [1.82, 2.24) is 9.97 Å². The third-order valence-corrected chi connectivity index (χ3v) is 7.07. The van der Waals surface area contributed by atoms with Crippen LogP contribution in [-0.4, -0.2) is 23.1 Å². The first-order chi connectivity index (χ1) is 14.5. The fourth-order valence-corrected chi connectivity index (χ4v) is 5.11. The highest BCUT2D eigenvalue weighted by atomic mass is 15.3. The van der Waals surface area contributed by atoms with Crippen LogP contribution in [0.3, 0.4) is 0 Å². The van der Waals surface area contributed by atoms with E-state index in [9.17, 15) is 0 Å². The van der Waals surface area contributed by atoms with Crippen molar-refractivity contribution >= 4 is 11.8 Å². The van der Waals surface area contributed by atoms with Gasteiger partial charge in [0, 0.05) is 24.3 Å². The number of nitrogens with zero attached hydrogens (tertiary/aromatic N) is 4. The molecule has 1 aromatic heterocycles. The summed E-state index contributed by atoms with van der Waals surface area (Å²) in [5.41, 5.74) is 7.99. The van der Waals surface area contributed by atoms with Crippen LogP contribution >= 0.6 is 0 Å². The second-order valence-electron chi connectivity index (χ2n) is 8.69. The Morgan fingerprint density at radius 2 is 1.27 bits per heavy atom. The van der Waals surface area contributed by atoms with Gasteiger partial charge in [0.1, 0.15) is 5.82 Å². The van der Waals surface area contributed by atoms with Gasteiger partial charge in [0.25, 0.3) is 0 Å². The number of anilines is 2. The van der Waals surface area contributed by atoms with Crippen LogP contribution in [0.5, 0.6) is 0 Å². The van der Waals surface area contributed by atoms with Crippen LogP contribution in [0, 0.1) is 13.8 Å². The summed E-state index contributed by atoms with van der Waals surface area (Å²) in [7, 11) is 0. The SMILES string of the molecule is Cc1nc(N2CCc3ccccc3C2C)nc(N2CCc3ccccc3C2C)c1C. The minimum absolute atomic E-state index is 0.282. The minimum Gasteiger partial charge on any atom is -0.349 e. The molecule has 0 saturated heterocycles. The predicted molar refractivity (Wildman–Crippen MR) is 123 cm³/mol. The number of hydrogen-bond acceptors (Lipinski definition) is 4. The molecular weight excluding hydrogens is 368 g/mol. The smallest absolute Gasteiger partial charge is 0.228 e. The lowest BCUT2D eigenvalue weighted by atomic mass is 9.93. The van der Waals surface area contributed by atoms with Crippen LogP contribution in [0.15, 0.2) is 48.5 Å². The molecule has 0 radical (unpaired) electrons. The summed E-state index contributed by atoms with van der Waals surface area (Å²) >= 11 is 0. The fraction of sp³-hybridized carbons (Fsp3) is 0.385. The molecule has 3 aromatic rings. The van der Waals surface area contributed by atoms with Crippen LogP contribution in [0.1, 0.15) is 59.4 Å². The van der Waals surface area contributed by atoms with E-state index in [-0.39, 0.29) is 6.04 Å². The monoisotopic (exact) mass is 398 g/mol. The van der Waals surface area contributed by atoms with Crippen molar-refractivity contribution < 1.29 is 0 Å². The molecule has 2 atom stereocenters. The quantitative estimate of drug-likeness (QED) is 0.583. The fourth-order valence-electron chi connectivity index (χ4n) is 5.11. The van der Waals surface area contributed by atoms with Crippen molar-refractivity contribution in [2.75, 3.05) is 22.9 Å². The molecule has 2 aliphatic rings. The van der Waals surface area contributed by atoms with Crippen LogP contribution < -0.4 is 9.80 Å². The van der Waals surface area contributed by atoms with Crippen molar-refractivity contribution in [1.29, 1.82) is 0 Å². The van der Waals surface area contributed by atoms with E-state index < -0.39 is 0 Å². The van der Waals surface area contributed by atoms with Crippen LogP contribution in [0.4, 0.5) is 11.8 Å². The number of aryl methyl sites for hydroxylation is 1. The van der Waals surface area contributed by atoms with Crippen LogP contribution in [-0.2, 0) is 12.8 Å². The molecular formula is C26H30N4. The van der Waals surface area contributed by atoms with Crippen LogP contribution in [0.25, 0.3) is 0 Å². The lowest BCUT2D eigenvalue weighted by molar-refractivity contribution is 0.594. The summed E-state index contributed by atoms with van der Waals surface area (Å²) in [5.74, 6) is 1.95. The molecule has 0 N–H and O–H groups in total. The second kappa shape index (κ2) is 7.42.